The predicted molar refractivity (Wildman–Crippen MR) is 96.4 cm³/mol. The molecule has 0 aliphatic carbocycles. The van der Waals surface area contributed by atoms with Crippen LogP contribution in [0.4, 0.5) is 0 Å². The van der Waals surface area contributed by atoms with Gasteiger partial charge in [0, 0.05) is 5.75 Å². The van der Waals surface area contributed by atoms with E-state index in [-0.39, 0.29) is 5.75 Å². The Morgan fingerprint density at radius 3 is 1.85 bits per heavy atom. The molecule has 0 rings (SSSR count). The van der Waals surface area contributed by atoms with Crippen LogP contribution in [0.2, 0.25) is 0 Å². The number of amides is 4. The van der Waals surface area contributed by atoms with Crippen molar-refractivity contribution in [1.29, 1.82) is 0 Å². The van der Waals surface area contributed by atoms with Gasteiger partial charge in [0.05, 0.1) is 12.5 Å². The molecular formula is C14H25N5O7S. The summed E-state index contributed by atoms with van der Waals surface area (Å²) in [5.74, 6) is -5.03. The van der Waals surface area contributed by atoms with Crippen molar-refractivity contribution in [2.24, 2.45) is 11.5 Å². The predicted octanol–water partition coefficient (Wildman–Crippen LogP) is -3.94. The van der Waals surface area contributed by atoms with Crippen molar-refractivity contribution in [1.82, 2.24) is 16.0 Å². The summed E-state index contributed by atoms with van der Waals surface area (Å²) in [6, 6.07) is -5.25. The molecule has 5 atom stereocenters. The van der Waals surface area contributed by atoms with Gasteiger partial charge in [-0.1, -0.05) is 0 Å². The number of carboxylic acid groups (broad SMARTS) is 1. The van der Waals surface area contributed by atoms with Crippen molar-refractivity contribution < 1.29 is 34.2 Å². The molecule has 12 nitrogen and oxygen atoms in total. The van der Waals surface area contributed by atoms with Crippen LogP contribution in [-0.2, 0) is 24.0 Å². The van der Waals surface area contributed by atoms with Crippen LogP contribution in [-0.4, -0.2) is 75.8 Å². The number of aliphatic hydroxyl groups excluding tert-OH is 1. The van der Waals surface area contributed by atoms with E-state index < -0.39 is 66.3 Å². The van der Waals surface area contributed by atoms with E-state index in [9.17, 15) is 29.1 Å². The van der Waals surface area contributed by atoms with Crippen LogP contribution in [0, 0.1) is 0 Å². The number of thiol groups is 1. The largest absolute Gasteiger partial charge is 0.480 e. The zero-order chi connectivity index (χ0) is 21.3. The van der Waals surface area contributed by atoms with E-state index >= 15 is 0 Å². The highest BCUT2D eigenvalue weighted by molar-refractivity contribution is 7.80. The minimum Gasteiger partial charge on any atom is -0.480 e. The van der Waals surface area contributed by atoms with E-state index in [0.29, 0.717) is 0 Å². The third-order valence-electron chi connectivity index (χ3n) is 3.41. The number of primary amides is 1. The number of rotatable bonds is 11. The first-order chi connectivity index (χ1) is 12.4. The molecular weight excluding hydrogens is 382 g/mol. The summed E-state index contributed by atoms with van der Waals surface area (Å²) in [4.78, 5) is 58.2. The molecule has 5 unspecified atom stereocenters. The fourth-order valence-electron chi connectivity index (χ4n) is 1.74. The second-order valence-corrected chi connectivity index (χ2v) is 6.18. The molecule has 0 aromatic rings. The molecule has 0 radical (unpaired) electrons. The van der Waals surface area contributed by atoms with Crippen molar-refractivity contribution in [3.05, 3.63) is 0 Å². The number of aliphatic carboxylic acids is 1. The summed E-state index contributed by atoms with van der Waals surface area (Å²) in [6.07, 6.45) is -1.80. The fraction of sp³-hybridized carbons (Fsp3) is 0.643. The number of hydrogen-bond donors (Lipinski definition) is 8. The van der Waals surface area contributed by atoms with Crippen LogP contribution in [0.25, 0.3) is 0 Å². The molecule has 9 N–H and O–H groups in total. The highest BCUT2D eigenvalue weighted by atomic mass is 32.1. The van der Waals surface area contributed by atoms with Gasteiger partial charge in [-0.25, -0.2) is 0 Å². The normalized spacial score (nSPS) is 16.2. The second kappa shape index (κ2) is 11.4. The van der Waals surface area contributed by atoms with Gasteiger partial charge in [-0.2, -0.15) is 12.6 Å². The number of nitrogens with two attached hydrogens (primary N) is 2. The summed E-state index contributed by atoms with van der Waals surface area (Å²) in [7, 11) is 0. The van der Waals surface area contributed by atoms with Crippen molar-refractivity contribution in [3.8, 4) is 0 Å². The van der Waals surface area contributed by atoms with Gasteiger partial charge >= 0.3 is 5.97 Å². The molecule has 0 saturated heterocycles. The molecule has 4 amide bonds. The molecule has 0 aliphatic heterocycles. The molecule has 0 aliphatic rings. The van der Waals surface area contributed by atoms with E-state index in [1.54, 1.807) is 0 Å². The number of nitrogens with one attached hydrogen (secondary N) is 3. The maximum absolute atomic E-state index is 12.3. The lowest BCUT2D eigenvalue weighted by atomic mass is 10.1. The van der Waals surface area contributed by atoms with Crippen molar-refractivity contribution in [3.63, 3.8) is 0 Å². The van der Waals surface area contributed by atoms with Gasteiger partial charge in [-0.15, -0.1) is 0 Å². The standard InChI is InChI=1S/C14H25N5O7S/c1-5(14(25)26)17-12(23)8(4-27)19-11(22)7(3-9(15)21)18-13(24)10(16)6(2)20/h5-8,10,20,27H,3-4,16H2,1-2H3,(H2,15,21)(H,17,23)(H,18,24)(H,19,22)(H,25,26). The maximum Gasteiger partial charge on any atom is 0.325 e. The van der Waals surface area contributed by atoms with E-state index in [1.165, 1.54) is 13.8 Å². The van der Waals surface area contributed by atoms with Gasteiger partial charge in [-0.05, 0) is 13.8 Å². The first-order valence-corrected chi connectivity index (χ1v) is 8.50. The van der Waals surface area contributed by atoms with Gasteiger partial charge in [0.25, 0.3) is 0 Å². The molecule has 0 bridgehead atoms. The van der Waals surface area contributed by atoms with E-state index in [0.717, 1.165) is 0 Å². The maximum atomic E-state index is 12.3. The van der Waals surface area contributed by atoms with Crippen LogP contribution in [0.1, 0.15) is 20.3 Å². The number of hydrogen-bond acceptors (Lipinski definition) is 8. The summed E-state index contributed by atoms with van der Waals surface area (Å²) in [5, 5.41) is 24.7. The van der Waals surface area contributed by atoms with Crippen LogP contribution >= 0.6 is 12.6 Å². The monoisotopic (exact) mass is 407 g/mol. The van der Waals surface area contributed by atoms with Crippen molar-refractivity contribution in [2.75, 3.05) is 5.75 Å². The summed E-state index contributed by atoms with van der Waals surface area (Å²) >= 11 is 3.92. The molecule has 0 heterocycles. The quantitative estimate of drug-likeness (QED) is 0.158. The number of aliphatic hydroxyl groups is 1. The minimum atomic E-state index is -1.45. The Kier molecular flexibility index (Phi) is 10.4. The Labute approximate surface area is 160 Å². The van der Waals surface area contributed by atoms with Gasteiger partial charge in [0.15, 0.2) is 0 Å². The molecule has 0 spiro atoms. The molecule has 27 heavy (non-hydrogen) atoms. The van der Waals surface area contributed by atoms with Crippen LogP contribution in [0.3, 0.4) is 0 Å². The molecule has 0 aromatic carbocycles. The lowest BCUT2D eigenvalue weighted by molar-refractivity contribution is -0.141. The second-order valence-electron chi connectivity index (χ2n) is 5.81. The van der Waals surface area contributed by atoms with Gasteiger partial charge in [0.1, 0.15) is 24.2 Å². The lowest BCUT2D eigenvalue weighted by Crippen LogP contribution is -2.59. The summed E-state index contributed by atoms with van der Waals surface area (Å²) < 4.78 is 0. The first-order valence-electron chi connectivity index (χ1n) is 7.87. The smallest absolute Gasteiger partial charge is 0.325 e. The van der Waals surface area contributed by atoms with Gasteiger partial charge < -0.3 is 37.6 Å². The Bertz CT molecular complexity index is 586. The van der Waals surface area contributed by atoms with Crippen LogP contribution in [0.15, 0.2) is 0 Å². The zero-order valence-corrected chi connectivity index (χ0v) is 15.7. The van der Waals surface area contributed by atoms with Crippen molar-refractivity contribution in [2.45, 2.75) is 50.5 Å². The zero-order valence-electron chi connectivity index (χ0n) is 14.8. The number of carbonyl (C=O) groups excluding carboxylic acids is 4. The topological polar surface area (TPSA) is 214 Å². The van der Waals surface area contributed by atoms with Crippen LogP contribution in [0.5, 0.6) is 0 Å². The first kappa shape index (κ1) is 24.6. The molecule has 0 aromatic heterocycles. The third-order valence-corrected chi connectivity index (χ3v) is 3.77. The molecule has 0 saturated carbocycles. The van der Waals surface area contributed by atoms with E-state index in [1.807, 2.05) is 0 Å². The number of carboxylic acids is 1. The van der Waals surface area contributed by atoms with Crippen molar-refractivity contribution >= 4 is 42.2 Å². The van der Waals surface area contributed by atoms with Gasteiger partial charge in [-0.3, -0.25) is 24.0 Å². The minimum absolute atomic E-state index is 0.186. The van der Waals surface area contributed by atoms with E-state index in [2.05, 4.69) is 28.6 Å². The SMILES string of the molecule is CC(NC(=O)C(CS)NC(=O)C(CC(N)=O)NC(=O)C(N)C(C)O)C(=O)O. The highest BCUT2D eigenvalue weighted by Gasteiger charge is 2.30. The molecule has 13 heteroatoms. The lowest BCUT2D eigenvalue weighted by Gasteiger charge is -2.23. The Balaban J connectivity index is 5.14. The average molecular weight is 407 g/mol. The summed E-state index contributed by atoms with van der Waals surface area (Å²) in [6.45, 7) is 2.49. The van der Waals surface area contributed by atoms with Crippen LogP contribution < -0.4 is 27.4 Å². The molecule has 0 fully saturated rings. The average Bonchev–Trinajstić information content (AvgIpc) is 2.56. The highest BCUT2D eigenvalue weighted by Crippen LogP contribution is 1.99. The Hall–Kier alpha value is -2.38. The third kappa shape index (κ3) is 8.70. The Morgan fingerprint density at radius 2 is 1.44 bits per heavy atom. The van der Waals surface area contributed by atoms with Gasteiger partial charge in [0.2, 0.25) is 23.6 Å². The van der Waals surface area contributed by atoms with E-state index in [4.69, 9.17) is 16.6 Å². The fourth-order valence-corrected chi connectivity index (χ4v) is 2.00. The molecule has 154 valence electrons. The Morgan fingerprint density at radius 1 is 0.963 bits per heavy atom. The number of carbonyl (C=O) groups is 5. The summed E-state index contributed by atoms with van der Waals surface area (Å²) in [5.41, 5.74) is 10.5.